The minimum Gasteiger partial charge on any atom is -0.281 e. The van der Waals surface area contributed by atoms with Crippen LogP contribution in [0.15, 0.2) is 46.1 Å². The molecule has 0 saturated carbocycles. The van der Waals surface area contributed by atoms with Crippen molar-refractivity contribution < 1.29 is 9.72 Å². The highest BCUT2D eigenvalue weighted by Gasteiger charge is 2.37. The molecule has 88 valence electrons. The Hall–Kier alpha value is -2.01. The Morgan fingerprint density at radius 3 is 2.56 bits per heavy atom. The molecule has 0 radical (unpaired) electrons. The van der Waals surface area contributed by atoms with Crippen LogP contribution in [0.3, 0.4) is 0 Å². The van der Waals surface area contributed by atoms with E-state index in [9.17, 15) is 14.9 Å². The zero-order chi connectivity index (χ0) is 12.9. The van der Waals surface area contributed by atoms with E-state index < -0.39 is 16.4 Å². The number of hydrogen-bond acceptors (Lipinski definition) is 3. The Kier molecular flexibility index (Phi) is 2.31. The largest absolute Gasteiger partial charge is 0.330 e. The van der Waals surface area contributed by atoms with Crippen LogP contribution < -0.4 is 0 Å². The number of halogens is 1. The lowest BCUT2D eigenvalue weighted by molar-refractivity contribution is -0.418. The van der Waals surface area contributed by atoms with Gasteiger partial charge in [-0.2, -0.15) is 0 Å². The quantitative estimate of drug-likeness (QED) is 0.592. The number of nitro groups is 1. The van der Waals surface area contributed by atoms with E-state index >= 15 is 0 Å². The van der Waals surface area contributed by atoms with Crippen LogP contribution in [-0.2, 0) is 4.79 Å². The molecule has 0 bridgehead atoms. The summed E-state index contributed by atoms with van der Waals surface area (Å²) in [6.45, 7) is 0. The molecule has 0 N–H and O–H groups in total. The van der Waals surface area contributed by atoms with E-state index in [2.05, 4.69) is 15.9 Å². The van der Waals surface area contributed by atoms with E-state index in [0.29, 0.717) is 5.57 Å². The van der Waals surface area contributed by atoms with E-state index in [0.717, 1.165) is 16.7 Å². The van der Waals surface area contributed by atoms with Crippen molar-refractivity contribution in [2.75, 3.05) is 0 Å². The number of carbonyl (C=O) groups excluding carboxylic acids is 1. The first-order chi connectivity index (χ1) is 8.59. The van der Waals surface area contributed by atoms with Gasteiger partial charge in [0.15, 0.2) is 0 Å². The van der Waals surface area contributed by atoms with Gasteiger partial charge in [-0.15, -0.1) is 0 Å². The maximum atomic E-state index is 12.1. The summed E-state index contributed by atoms with van der Waals surface area (Å²) < 4.78 is 0.223. The lowest BCUT2D eigenvalue weighted by atomic mass is 9.94. The second-order valence-electron chi connectivity index (χ2n) is 3.99. The molecule has 0 amide bonds. The fourth-order valence-corrected chi connectivity index (χ4v) is 2.74. The van der Waals surface area contributed by atoms with Gasteiger partial charge in [0.25, 0.3) is 5.78 Å². The van der Waals surface area contributed by atoms with Crippen molar-refractivity contribution in [2.45, 2.75) is 0 Å². The first-order valence-electron chi connectivity index (χ1n) is 5.21. The fraction of sp³-hybridized carbons (Fsp3) is 0. The minimum atomic E-state index is -0.649. The Bertz CT molecular complexity index is 698. The van der Waals surface area contributed by atoms with Crippen LogP contribution in [0.4, 0.5) is 0 Å². The number of fused-ring (bicyclic) bond motifs is 3. The van der Waals surface area contributed by atoms with Crippen molar-refractivity contribution in [3.8, 4) is 0 Å². The van der Waals surface area contributed by atoms with E-state index in [1.807, 2.05) is 24.3 Å². The van der Waals surface area contributed by atoms with E-state index in [-0.39, 0.29) is 4.48 Å². The second kappa shape index (κ2) is 3.74. The van der Waals surface area contributed by atoms with Crippen molar-refractivity contribution in [3.63, 3.8) is 0 Å². The van der Waals surface area contributed by atoms with Gasteiger partial charge in [-0.3, -0.25) is 14.9 Å². The molecule has 2 aliphatic carbocycles. The third kappa shape index (κ3) is 1.41. The smallest absolute Gasteiger partial charge is 0.281 e. The van der Waals surface area contributed by atoms with Crippen molar-refractivity contribution in [1.82, 2.24) is 0 Å². The predicted octanol–water partition coefficient (Wildman–Crippen LogP) is 2.93. The minimum absolute atomic E-state index is 0.223. The van der Waals surface area contributed by atoms with Gasteiger partial charge in [-0.1, -0.05) is 24.3 Å². The molecule has 5 heteroatoms. The molecule has 0 aromatic heterocycles. The van der Waals surface area contributed by atoms with Gasteiger partial charge >= 0.3 is 5.70 Å². The van der Waals surface area contributed by atoms with Crippen LogP contribution in [0.25, 0.3) is 11.6 Å². The van der Waals surface area contributed by atoms with Crippen molar-refractivity contribution >= 4 is 33.4 Å². The number of allylic oxidation sites excluding steroid dienone is 4. The second-order valence-corrected chi connectivity index (χ2v) is 4.84. The van der Waals surface area contributed by atoms with Crippen molar-refractivity contribution in [1.29, 1.82) is 0 Å². The summed E-state index contributed by atoms with van der Waals surface area (Å²) >= 11 is 3.10. The maximum absolute atomic E-state index is 12.1. The molecule has 2 aliphatic rings. The number of rotatable bonds is 1. The summed E-state index contributed by atoms with van der Waals surface area (Å²) in [4.78, 5) is 22.3. The van der Waals surface area contributed by atoms with Crippen LogP contribution in [0.1, 0.15) is 11.1 Å². The van der Waals surface area contributed by atoms with Gasteiger partial charge in [-0.05, 0) is 44.8 Å². The van der Waals surface area contributed by atoms with Crippen LogP contribution in [0.2, 0.25) is 0 Å². The first kappa shape index (κ1) is 11.1. The topological polar surface area (TPSA) is 60.2 Å². The lowest BCUT2D eigenvalue weighted by Gasteiger charge is -2.10. The average Bonchev–Trinajstić information content (AvgIpc) is 2.68. The molecular formula is C13H6BrNO3. The molecule has 0 unspecified atom stereocenters. The maximum Gasteiger partial charge on any atom is 0.330 e. The number of benzene rings is 1. The molecule has 0 spiro atoms. The van der Waals surface area contributed by atoms with E-state index in [1.54, 1.807) is 12.2 Å². The summed E-state index contributed by atoms with van der Waals surface area (Å²) in [5, 5.41) is 10.9. The third-order valence-corrected chi connectivity index (χ3v) is 3.59. The number of ketones is 1. The molecule has 4 nitrogen and oxygen atoms in total. The molecule has 0 saturated heterocycles. The SMILES string of the molecule is O=C1C2=Cc3ccccc3C2=CC(Br)=C1[N+](=O)[O-]. The van der Waals surface area contributed by atoms with E-state index in [1.165, 1.54) is 0 Å². The molecule has 0 heterocycles. The van der Waals surface area contributed by atoms with Gasteiger partial charge in [-0.25, -0.2) is 0 Å². The van der Waals surface area contributed by atoms with Crippen molar-refractivity contribution in [3.05, 3.63) is 67.3 Å². The molecule has 3 rings (SSSR count). The average molecular weight is 304 g/mol. The highest BCUT2D eigenvalue weighted by atomic mass is 79.9. The number of carbonyl (C=O) groups is 1. The van der Waals surface area contributed by atoms with Crippen LogP contribution in [-0.4, -0.2) is 10.7 Å². The summed E-state index contributed by atoms with van der Waals surface area (Å²) in [6.07, 6.45) is 3.34. The molecule has 0 fully saturated rings. The highest BCUT2D eigenvalue weighted by Crippen LogP contribution is 2.42. The van der Waals surface area contributed by atoms with E-state index in [4.69, 9.17) is 0 Å². The molecule has 1 aromatic rings. The highest BCUT2D eigenvalue weighted by molar-refractivity contribution is 9.12. The lowest BCUT2D eigenvalue weighted by Crippen LogP contribution is -2.17. The van der Waals surface area contributed by atoms with Gasteiger partial charge in [0, 0.05) is 5.57 Å². The van der Waals surface area contributed by atoms with Crippen LogP contribution in [0, 0.1) is 10.1 Å². The molecule has 0 atom stereocenters. The molecule has 0 aliphatic heterocycles. The standard InChI is InChI=1S/C13H6BrNO3/c14-11-6-9-8-4-2-1-3-7(8)5-10(9)13(16)12(11)15(17)18/h1-6H. The summed E-state index contributed by atoms with van der Waals surface area (Å²) in [5.41, 5.74) is 2.58. The Balaban J connectivity index is 2.25. The van der Waals surface area contributed by atoms with Gasteiger partial charge in [0.05, 0.1) is 4.92 Å². The van der Waals surface area contributed by atoms with Gasteiger partial charge in [0.2, 0.25) is 0 Å². The molecule has 18 heavy (non-hydrogen) atoms. The number of nitrogens with zero attached hydrogens (tertiary/aromatic N) is 1. The summed E-state index contributed by atoms with van der Waals surface area (Å²) in [6, 6.07) is 7.53. The fourth-order valence-electron chi connectivity index (χ4n) is 2.19. The zero-order valence-electron chi connectivity index (χ0n) is 9.01. The van der Waals surface area contributed by atoms with Crippen molar-refractivity contribution in [2.24, 2.45) is 0 Å². The molecular weight excluding hydrogens is 298 g/mol. The normalized spacial score (nSPS) is 17.1. The Morgan fingerprint density at radius 2 is 1.83 bits per heavy atom. The third-order valence-electron chi connectivity index (χ3n) is 2.98. The summed E-state index contributed by atoms with van der Waals surface area (Å²) in [5.74, 6) is -0.541. The Labute approximate surface area is 111 Å². The first-order valence-corrected chi connectivity index (χ1v) is 6.01. The van der Waals surface area contributed by atoms with Crippen LogP contribution in [0.5, 0.6) is 0 Å². The monoisotopic (exact) mass is 303 g/mol. The number of Topliss-reactive ketones (excluding diaryl/α,β-unsaturated/α-hetero) is 1. The van der Waals surface area contributed by atoms with Gasteiger partial charge in [0.1, 0.15) is 4.48 Å². The zero-order valence-corrected chi connectivity index (χ0v) is 10.6. The Morgan fingerprint density at radius 1 is 1.11 bits per heavy atom. The molecule has 1 aromatic carbocycles. The van der Waals surface area contributed by atoms with Gasteiger partial charge < -0.3 is 0 Å². The van der Waals surface area contributed by atoms with Crippen LogP contribution >= 0.6 is 15.9 Å². The summed E-state index contributed by atoms with van der Waals surface area (Å²) in [7, 11) is 0. The predicted molar refractivity (Wildman–Crippen MR) is 70.4 cm³/mol. The number of hydrogen-bond donors (Lipinski definition) is 0.